The molecule has 1 rings (SSSR count). The number of ether oxygens (including phenoxy) is 1. The largest absolute Gasteiger partial charge is 0.469 e. The molecule has 1 saturated heterocycles. The van der Waals surface area contributed by atoms with Gasteiger partial charge in [-0.3, -0.25) is 14.5 Å². The molecular formula is C11H20N2O3. The minimum atomic E-state index is -0.564. The number of hydrogen-bond donors (Lipinski definition) is 1. The van der Waals surface area contributed by atoms with Gasteiger partial charge in [0.15, 0.2) is 0 Å². The molecule has 5 heteroatoms. The molecule has 0 aliphatic carbocycles. The van der Waals surface area contributed by atoms with E-state index in [4.69, 9.17) is 0 Å². The molecule has 1 aliphatic heterocycles. The molecule has 0 radical (unpaired) electrons. The topological polar surface area (TPSA) is 58.6 Å². The van der Waals surface area contributed by atoms with Crippen LogP contribution in [0.25, 0.3) is 0 Å². The van der Waals surface area contributed by atoms with E-state index in [1.807, 2.05) is 25.7 Å². The SMILES string of the molecule is COC(=O)CC(C)N1CCNC(=O)C1(C)C. The lowest BCUT2D eigenvalue weighted by Gasteiger charge is -2.44. The van der Waals surface area contributed by atoms with Gasteiger partial charge in [-0.1, -0.05) is 0 Å². The van der Waals surface area contributed by atoms with Crippen molar-refractivity contribution in [3.05, 3.63) is 0 Å². The first-order valence-corrected chi connectivity index (χ1v) is 5.51. The molecular weight excluding hydrogens is 208 g/mol. The predicted octanol–water partition coefficient (Wildman–Crippen LogP) is 0.148. The summed E-state index contributed by atoms with van der Waals surface area (Å²) in [6.07, 6.45) is 0.313. The fraction of sp³-hybridized carbons (Fsp3) is 0.818. The third-order valence-electron chi connectivity index (χ3n) is 3.13. The van der Waals surface area contributed by atoms with Gasteiger partial charge in [0, 0.05) is 19.1 Å². The van der Waals surface area contributed by atoms with Gasteiger partial charge in [-0.15, -0.1) is 0 Å². The molecule has 0 aromatic rings. The summed E-state index contributed by atoms with van der Waals surface area (Å²) in [5.41, 5.74) is -0.564. The lowest BCUT2D eigenvalue weighted by molar-refractivity contribution is -0.145. The van der Waals surface area contributed by atoms with E-state index in [9.17, 15) is 9.59 Å². The molecule has 1 atom stereocenters. The second kappa shape index (κ2) is 4.82. The molecule has 0 aromatic heterocycles. The van der Waals surface area contributed by atoms with E-state index in [1.54, 1.807) is 0 Å². The highest BCUT2D eigenvalue weighted by molar-refractivity contribution is 5.86. The minimum Gasteiger partial charge on any atom is -0.469 e. The third-order valence-corrected chi connectivity index (χ3v) is 3.13. The molecule has 92 valence electrons. The maximum absolute atomic E-state index is 11.7. The van der Waals surface area contributed by atoms with Crippen LogP contribution in [0.4, 0.5) is 0 Å². The van der Waals surface area contributed by atoms with E-state index >= 15 is 0 Å². The first kappa shape index (κ1) is 13.0. The van der Waals surface area contributed by atoms with Crippen molar-refractivity contribution in [2.45, 2.75) is 38.8 Å². The Labute approximate surface area is 96.1 Å². The Hall–Kier alpha value is -1.10. The van der Waals surface area contributed by atoms with Crippen LogP contribution in [-0.4, -0.2) is 48.6 Å². The second-order valence-electron chi connectivity index (χ2n) is 4.64. The van der Waals surface area contributed by atoms with Crippen LogP contribution in [0.5, 0.6) is 0 Å². The maximum Gasteiger partial charge on any atom is 0.307 e. The number of piperazine rings is 1. The molecule has 0 saturated carbocycles. The van der Waals surface area contributed by atoms with Crippen molar-refractivity contribution in [3.63, 3.8) is 0 Å². The van der Waals surface area contributed by atoms with Crippen LogP contribution in [0.3, 0.4) is 0 Å². The third kappa shape index (κ3) is 2.52. The number of carbonyl (C=O) groups excluding carboxylic acids is 2. The molecule has 5 nitrogen and oxygen atoms in total. The van der Waals surface area contributed by atoms with E-state index in [-0.39, 0.29) is 17.9 Å². The molecule has 1 heterocycles. The van der Waals surface area contributed by atoms with Crippen molar-refractivity contribution in [1.82, 2.24) is 10.2 Å². The fourth-order valence-corrected chi connectivity index (χ4v) is 2.12. The predicted molar refractivity (Wildman–Crippen MR) is 59.9 cm³/mol. The average Bonchev–Trinajstić information content (AvgIpc) is 2.21. The molecule has 1 fully saturated rings. The van der Waals surface area contributed by atoms with Gasteiger partial charge in [0.05, 0.1) is 19.1 Å². The number of nitrogens with one attached hydrogen (secondary N) is 1. The molecule has 16 heavy (non-hydrogen) atoms. The number of carbonyl (C=O) groups is 2. The molecule has 1 unspecified atom stereocenters. The van der Waals surface area contributed by atoms with Gasteiger partial charge >= 0.3 is 5.97 Å². The van der Waals surface area contributed by atoms with Crippen molar-refractivity contribution >= 4 is 11.9 Å². The zero-order valence-corrected chi connectivity index (χ0v) is 10.4. The van der Waals surface area contributed by atoms with Crippen LogP contribution in [0, 0.1) is 0 Å². The highest BCUT2D eigenvalue weighted by Gasteiger charge is 2.40. The van der Waals surface area contributed by atoms with Gasteiger partial charge in [0.25, 0.3) is 0 Å². The molecule has 1 amide bonds. The second-order valence-corrected chi connectivity index (χ2v) is 4.64. The van der Waals surface area contributed by atoms with Crippen LogP contribution >= 0.6 is 0 Å². The summed E-state index contributed by atoms with van der Waals surface area (Å²) in [7, 11) is 1.38. The Morgan fingerprint density at radius 2 is 2.25 bits per heavy atom. The van der Waals surface area contributed by atoms with Crippen LogP contribution in [0.1, 0.15) is 27.2 Å². The molecule has 0 bridgehead atoms. The number of amides is 1. The molecule has 1 N–H and O–H groups in total. The zero-order chi connectivity index (χ0) is 12.3. The summed E-state index contributed by atoms with van der Waals surface area (Å²) in [4.78, 5) is 25.0. The smallest absolute Gasteiger partial charge is 0.307 e. The molecule has 1 aliphatic rings. The first-order valence-electron chi connectivity index (χ1n) is 5.51. The maximum atomic E-state index is 11.7. The first-order chi connectivity index (χ1) is 7.39. The summed E-state index contributed by atoms with van der Waals surface area (Å²) in [5, 5.41) is 2.83. The van der Waals surface area contributed by atoms with Crippen molar-refractivity contribution in [1.29, 1.82) is 0 Å². The van der Waals surface area contributed by atoms with Crippen molar-refractivity contribution in [2.75, 3.05) is 20.2 Å². The lowest BCUT2D eigenvalue weighted by atomic mass is 9.96. The van der Waals surface area contributed by atoms with Crippen molar-refractivity contribution in [3.8, 4) is 0 Å². The molecule has 0 spiro atoms. The van der Waals surface area contributed by atoms with E-state index in [2.05, 4.69) is 10.1 Å². The fourth-order valence-electron chi connectivity index (χ4n) is 2.12. The van der Waals surface area contributed by atoms with Gasteiger partial charge in [0.1, 0.15) is 0 Å². The number of rotatable bonds is 3. The van der Waals surface area contributed by atoms with Crippen molar-refractivity contribution in [2.24, 2.45) is 0 Å². The minimum absolute atomic E-state index is 0.00787. The van der Waals surface area contributed by atoms with Crippen LogP contribution < -0.4 is 5.32 Å². The molecule has 0 aromatic carbocycles. The summed E-state index contributed by atoms with van der Waals surface area (Å²) in [6.45, 7) is 7.08. The zero-order valence-electron chi connectivity index (χ0n) is 10.4. The summed E-state index contributed by atoms with van der Waals surface area (Å²) in [5.74, 6) is -0.232. The number of hydrogen-bond acceptors (Lipinski definition) is 4. The Balaban J connectivity index is 2.70. The van der Waals surface area contributed by atoms with E-state index < -0.39 is 5.54 Å². The summed E-state index contributed by atoms with van der Waals surface area (Å²) < 4.78 is 4.64. The van der Waals surface area contributed by atoms with Gasteiger partial charge in [-0.25, -0.2) is 0 Å². The van der Waals surface area contributed by atoms with Gasteiger partial charge in [-0.2, -0.15) is 0 Å². The average molecular weight is 228 g/mol. The summed E-state index contributed by atoms with van der Waals surface area (Å²) in [6, 6.07) is 0.00787. The standard InChI is InChI=1S/C11H20N2O3/c1-8(7-9(14)16-4)13-6-5-12-10(15)11(13,2)3/h8H,5-7H2,1-4H3,(H,12,15). The Morgan fingerprint density at radius 3 is 2.81 bits per heavy atom. The highest BCUT2D eigenvalue weighted by Crippen LogP contribution is 2.22. The Bertz CT molecular complexity index is 289. The number of nitrogens with zero attached hydrogens (tertiary/aromatic N) is 1. The van der Waals surface area contributed by atoms with Gasteiger partial charge in [0.2, 0.25) is 5.91 Å². The quantitative estimate of drug-likeness (QED) is 0.698. The highest BCUT2D eigenvalue weighted by atomic mass is 16.5. The number of methoxy groups -OCH3 is 1. The van der Waals surface area contributed by atoms with Gasteiger partial charge < -0.3 is 10.1 Å². The van der Waals surface area contributed by atoms with E-state index in [0.717, 1.165) is 6.54 Å². The lowest BCUT2D eigenvalue weighted by Crippen LogP contribution is -2.64. The monoisotopic (exact) mass is 228 g/mol. The van der Waals surface area contributed by atoms with Gasteiger partial charge in [-0.05, 0) is 20.8 Å². The normalized spacial score (nSPS) is 22.4. The van der Waals surface area contributed by atoms with E-state index in [1.165, 1.54) is 7.11 Å². The van der Waals surface area contributed by atoms with Crippen LogP contribution in [0.15, 0.2) is 0 Å². The van der Waals surface area contributed by atoms with E-state index in [0.29, 0.717) is 13.0 Å². The Morgan fingerprint density at radius 1 is 1.62 bits per heavy atom. The van der Waals surface area contributed by atoms with Crippen molar-refractivity contribution < 1.29 is 14.3 Å². The van der Waals surface area contributed by atoms with Crippen LogP contribution in [0.2, 0.25) is 0 Å². The van der Waals surface area contributed by atoms with Crippen LogP contribution in [-0.2, 0) is 14.3 Å². The number of esters is 1. The summed E-state index contributed by atoms with van der Waals surface area (Å²) >= 11 is 0. The Kier molecular flexibility index (Phi) is 3.91.